The van der Waals surface area contributed by atoms with Crippen molar-refractivity contribution in [3.8, 4) is 5.75 Å². The number of rotatable bonds is 5. The highest BCUT2D eigenvalue weighted by atomic mass is 127. The van der Waals surface area contributed by atoms with Crippen molar-refractivity contribution in [1.29, 1.82) is 0 Å². The molecule has 0 radical (unpaired) electrons. The first kappa shape index (κ1) is 22.4. The average molecular weight is 634 g/mol. The lowest BCUT2D eigenvalue weighted by Crippen LogP contribution is -2.17. The van der Waals surface area contributed by atoms with E-state index in [9.17, 15) is 18.4 Å². The summed E-state index contributed by atoms with van der Waals surface area (Å²) in [5, 5.41) is 5.25. The highest BCUT2D eigenvalue weighted by molar-refractivity contribution is 14.1. The fourth-order valence-electron chi connectivity index (χ4n) is 2.60. The lowest BCUT2D eigenvalue weighted by Gasteiger charge is -2.13. The maximum absolute atomic E-state index is 13.5. The van der Waals surface area contributed by atoms with Gasteiger partial charge in [0.15, 0.2) is 0 Å². The number of ether oxygens (including phenoxy) is 1. The molecule has 154 valence electrons. The Bertz CT molecular complexity index is 1140. The van der Waals surface area contributed by atoms with Gasteiger partial charge in [-0.1, -0.05) is 0 Å². The number of carbonyl (C=O) groups excluding carboxylic acids is 2. The van der Waals surface area contributed by atoms with Crippen LogP contribution in [0.1, 0.15) is 20.7 Å². The number of hydrogen-bond donors (Lipinski definition) is 2. The second-order valence-corrected chi connectivity index (χ2v) is 8.40. The van der Waals surface area contributed by atoms with Crippen molar-refractivity contribution in [1.82, 2.24) is 0 Å². The van der Waals surface area contributed by atoms with E-state index in [1.807, 2.05) is 45.2 Å². The topological polar surface area (TPSA) is 67.4 Å². The summed E-state index contributed by atoms with van der Waals surface area (Å²) in [4.78, 5) is 25.4. The average Bonchev–Trinajstić information content (AvgIpc) is 2.72. The summed E-state index contributed by atoms with van der Waals surface area (Å²) in [5.74, 6) is -1.81. The van der Waals surface area contributed by atoms with Crippen molar-refractivity contribution in [2.24, 2.45) is 0 Å². The lowest BCUT2D eigenvalue weighted by molar-refractivity contribution is 0.102. The molecule has 9 heteroatoms. The summed E-state index contributed by atoms with van der Waals surface area (Å²) >= 11 is 3.95. The van der Waals surface area contributed by atoms with Crippen molar-refractivity contribution >= 4 is 68.4 Å². The predicted molar refractivity (Wildman–Crippen MR) is 127 cm³/mol. The minimum absolute atomic E-state index is 0.0964. The molecule has 3 aromatic carbocycles. The molecule has 0 saturated heterocycles. The lowest BCUT2D eigenvalue weighted by atomic mass is 10.1. The van der Waals surface area contributed by atoms with E-state index < -0.39 is 23.4 Å². The van der Waals surface area contributed by atoms with Crippen LogP contribution in [0.15, 0.2) is 54.6 Å². The number of anilines is 2. The van der Waals surface area contributed by atoms with Gasteiger partial charge in [0.25, 0.3) is 11.8 Å². The molecule has 30 heavy (non-hydrogen) atoms. The molecule has 2 amide bonds. The third kappa shape index (κ3) is 5.25. The van der Waals surface area contributed by atoms with Crippen LogP contribution in [-0.2, 0) is 0 Å². The molecule has 0 unspecified atom stereocenters. The molecule has 5 nitrogen and oxygen atoms in total. The van der Waals surface area contributed by atoms with Gasteiger partial charge in [-0.05, 0) is 99.8 Å². The zero-order chi connectivity index (χ0) is 21.8. The van der Waals surface area contributed by atoms with Crippen LogP contribution in [0.4, 0.5) is 20.2 Å². The van der Waals surface area contributed by atoms with E-state index in [2.05, 4.69) is 10.6 Å². The number of methoxy groups -OCH3 is 1. The van der Waals surface area contributed by atoms with Crippen LogP contribution in [-0.4, -0.2) is 18.9 Å². The first-order valence-corrected chi connectivity index (χ1v) is 10.6. The zero-order valence-electron chi connectivity index (χ0n) is 15.4. The monoisotopic (exact) mass is 634 g/mol. The van der Waals surface area contributed by atoms with E-state index in [1.165, 1.54) is 55.6 Å². The Balaban J connectivity index is 1.89. The van der Waals surface area contributed by atoms with Crippen LogP contribution in [0.3, 0.4) is 0 Å². The van der Waals surface area contributed by atoms with E-state index in [0.717, 1.165) is 0 Å². The summed E-state index contributed by atoms with van der Waals surface area (Å²) in [6.07, 6.45) is 0. The molecule has 0 aliphatic rings. The molecule has 0 spiro atoms. The van der Waals surface area contributed by atoms with Crippen LogP contribution in [0.5, 0.6) is 5.75 Å². The zero-order valence-corrected chi connectivity index (χ0v) is 19.7. The van der Waals surface area contributed by atoms with E-state index in [0.29, 0.717) is 18.5 Å². The first-order chi connectivity index (χ1) is 14.3. The van der Waals surface area contributed by atoms with Crippen LogP contribution >= 0.6 is 45.2 Å². The van der Waals surface area contributed by atoms with Crippen molar-refractivity contribution < 1.29 is 23.1 Å². The molecule has 3 aromatic rings. The van der Waals surface area contributed by atoms with Gasteiger partial charge >= 0.3 is 0 Å². The van der Waals surface area contributed by atoms with Crippen molar-refractivity contribution in [2.75, 3.05) is 17.7 Å². The Hall–Kier alpha value is -2.28. The molecule has 0 saturated carbocycles. The van der Waals surface area contributed by atoms with Gasteiger partial charge in [-0.3, -0.25) is 9.59 Å². The second kappa shape index (κ2) is 9.69. The van der Waals surface area contributed by atoms with E-state index in [-0.39, 0.29) is 16.9 Å². The Kier molecular flexibility index (Phi) is 7.23. The Labute approximate surface area is 198 Å². The summed E-state index contributed by atoms with van der Waals surface area (Å²) in [7, 11) is 1.40. The molecular weight excluding hydrogens is 620 g/mol. The van der Waals surface area contributed by atoms with Gasteiger partial charge < -0.3 is 15.4 Å². The summed E-state index contributed by atoms with van der Waals surface area (Å²) in [5.41, 5.74) is 0.887. The second-order valence-electron chi connectivity index (χ2n) is 6.07. The Morgan fingerprint density at radius 2 is 1.33 bits per heavy atom. The molecular formula is C21H14F2I2N2O3. The first-order valence-electron chi connectivity index (χ1n) is 8.49. The fraction of sp³-hybridized carbons (Fsp3) is 0.0476. The standard InChI is InChI=1S/C21H14F2I2N2O3/c1-30-19-7-2-11(20(28)26-17-9-12(22)3-5-15(17)24)8-14(19)21(29)27-18-10-13(23)4-6-16(18)25/h2-10H,1H3,(H,26,28)(H,27,29). The fourth-order valence-corrected chi connectivity index (χ4v) is 3.54. The van der Waals surface area contributed by atoms with Crippen molar-refractivity contribution in [3.63, 3.8) is 0 Å². The van der Waals surface area contributed by atoms with Crippen molar-refractivity contribution in [3.05, 3.63) is 84.5 Å². The van der Waals surface area contributed by atoms with Gasteiger partial charge in [0.05, 0.1) is 24.0 Å². The van der Waals surface area contributed by atoms with Gasteiger partial charge in [-0.15, -0.1) is 0 Å². The van der Waals surface area contributed by atoms with Crippen LogP contribution in [0, 0.1) is 18.8 Å². The van der Waals surface area contributed by atoms with Gasteiger partial charge in [0.2, 0.25) is 0 Å². The maximum atomic E-state index is 13.5. The van der Waals surface area contributed by atoms with Gasteiger partial charge in [-0.2, -0.15) is 0 Å². The van der Waals surface area contributed by atoms with E-state index in [4.69, 9.17) is 4.74 Å². The molecule has 0 atom stereocenters. The predicted octanol–water partition coefficient (Wildman–Crippen LogP) is 5.69. The highest BCUT2D eigenvalue weighted by Gasteiger charge is 2.18. The number of nitrogens with one attached hydrogen (secondary N) is 2. The van der Waals surface area contributed by atoms with E-state index >= 15 is 0 Å². The van der Waals surface area contributed by atoms with Crippen LogP contribution in [0.25, 0.3) is 0 Å². The minimum atomic E-state index is -0.564. The molecule has 0 aliphatic carbocycles. The molecule has 0 fully saturated rings. The number of benzene rings is 3. The number of halogens is 4. The van der Waals surface area contributed by atoms with Crippen LogP contribution < -0.4 is 15.4 Å². The summed E-state index contributed by atoms with van der Waals surface area (Å²) < 4.78 is 33.5. The summed E-state index contributed by atoms with van der Waals surface area (Å²) in [6, 6.07) is 12.4. The molecule has 2 N–H and O–H groups in total. The molecule has 0 bridgehead atoms. The van der Waals surface area contributed by atoms with Gasteiger partial charge in [0.1, 0.15) is 17.4 Å². The number of hydrogen-bond acceptors (Lipinski definition) is 3. The largest absolute Gasteiger partial charge is 0.496 e. The Morgan fingerprint density at radius 1 is 0.800 bits per heavy atom. The SMILES string of the molecule is COc1ccc(C(=O)Nc2cc(F)ccc2I)cc1C(=O)Nc1cc(F)ccc1I. The van der Waals surface area contributed by atoms with Crippen LogP contribution in [0.2, 0.25) is 0 Å². The molecule has 3 rings (SSSR count). The molecule has 0 heterocycles. The van der Waals surface area contributed by atoms with Gasteiger partial charge in [-0.25, -0.2) is 8.78 Å². The number of carbonyl (C=O) groups is 2. The third-order valence-electron chi connectivity index (χ3n) is 4.06. The van der Waals surface area contributed by atoms with Crippen molar-refractivity contribution in [2.45, 2.75) is 0 Å². The van der Waals surface area contributed by atoms with E-state index in [1.54, 1.807) is 6.07 Å². The third-order valence-corrected chi connectivity index (χ3v) is 5.94. The maximum Gasteiger partial charge on any atom is 0.259 e. The molecule has 0 aromatic heterocycles. The quantitative estimate of drug-likeness (QED) is 0.355. The normalized spacial score (nSPS) is 10.4. The number of amides is 2. The minimum Gasteiger partial charge on any atom is -0.496 e. The smallest absolute Gasteiger partial charge is 0.259 e. The highest BCUT2D eigenvalue weighted by Crippen LogP contribution is 2.25. The summed E-state index contributed by atoms with van der Waals surface area (Å²) in [6.45, 7) is 0. The molecule has 0 aliphatic heterocycles. The van der Waals surface area contributed by atoms with Gasteiger partial charge in [0, 0.05) is 12.7 Å². The Morgan fingerprint density at radius 3 is 1.87 bits per heavy atom.